The molecule has 0 radical (unpaired) electrons. The van der Waals surface area contributed by atoms with Crippen molar-refractivity contribution in [3.63, 3.8) is 0 Å². The fourth-order valence-electron chi connectivity index (χ4n) is 2.83. The van der Waals surface area contributed by atoms with E-state index in [0.29, 0.717) is 35.5 Å². The number of benzene rings is 2. The number of hydrogen-bond acceptors (Lipinski definition) is 2. The average molecular weight is 517 g/mol. The van der Waals surface area contributed by atoms with Crippen LogP contribution >= 0.6 is 27.5 Å². The number of ketones is 1. The second-order valence-corrected chi connectivity index (χ2v) is 7.80. The highest BCUT2D eigenvalue weighted by molar-refractivity contribution is 9.09. The largest absolute Gasteiger partial charge is 0.416 e. The van der Waals surface area contributed by atoms with Crippen molar-refractivity contribution in [3.8, 4) is 0 Å². The third kappa shape index (κ3) is 6.99. The van der Waals surface area contributed by atoms with E-state index in [1.165, 1.54) is 0 Å². The smallest absolute Gasteiger partial charge is 0.309 e. The van der Waals surface area contributed by atoms with Gasteiger partial charge in [0.2, 0.25) is 0 Å². The Balaban J connectivity index is 2.13. The van der Waals surface area contributed by atoms with Crippen molar-refractivity contribution in [2.75, 3.05) is 18.4 Å². The Morgan fingerprint density at radius 3 is 1.97 bits per heavy atom. The van der Waals surface area contributed by atoms with Gasteiger partial charge in [-0.1, -0.05) is 39.7 Å². The molecule has 0 heterocycles. The molecule has 0 aliphatic carbocycles. The van der Waals surface area contributed by atoms with Crippen LogP contribution in [0.5, 0.6) is 0 Å². The van der Waals surface area contributed by atoms with Gasteiger partial charge in [-0.2, -0.15) is 26.3 Å². The van der Waals surface area contributed by atoms with Crippen LogP contribution in [0.25, 0.3) is 0 Å². The molecular formula is C20H17BrClF6NO. The second kappa shape index (κ2) is 10.2. The highest BCUT2D eigenvalue weighted by Gasteiger charge is 2.37. The van der Waals surface area contributed by atoms with E-state index in [9.17, 15) is 31.1 Å². The summed E-state index contributed by atoms with van der Waals surface area (Å²) in [7, 11) is 0. The van der Waals surface area contributed by atoms with Crippen molar-refractivity contribution < 1.29 is 31.1 Å². The van der Waals surface area contributed by atoms with Crippen molar-refractivity contribution in [1.29, 1.82) is 0 Å². The first-order valence-electron chi connectivity index (χ1n) is 8.76. The monoisotopic (exact) mass is 515 g/mol. The molecule has 1 atom stereocenters. The van der Waals surface area contributed by atoms with E-state index >= 15 is 0 Å². The molecule has 2 aromatic carbocycles. The third-order valence-electron chi connectivity index (χ3n) is 4.38. The lowest BCUT2D eigenvalue weighted by molar-refractivity contribution is -0.143. The molecule has 30 heavy (non-hydrogen) atoms. The van der Waals surface area contributed by atoms with Crippen molar-refractivity contribution >= 4 is 33.3 Å². The van der Waals surface area contributed by atoms with E-state index in [-0.39, 0.29) is 12.0 Å². The molecule has 0 saturated heterocycles. The molecule has 1 N–H and O–H groups in total. The highest BCUT2D eigenvalue weighted by Crippen LogP contribution is 2.36. The van der Waals surface area contributed by atoms with Gasteiger partial charge >= 0.3 is 12.4 Å². The summed E-state index contributed by atoms with van der Waals surface area (Å²) < 4.78 is 77.7. The molecule has 0 bridgehead atoms. The molecule has 0 aliphatic rings. The van der Waals surface area contributed by atoms with Crippen LogP contribution in [-0.4, -0.2) is 24.2 Å². The first kappa shape index (κ1) is 24.7. The molecule has 0 aromatic heterocycles. The van der Waals surface area contributed by atoms with Crippen LogP contribution in [0.4, 0.5) is 26.3 Å². The van der Waals surface area contributed by atoms with Crippen LogP contribution in [-0.2, 0) is 12.4 Å². The second-order valence-electron chi connectivity index (χ2n) is 6.57. The van der Waals surface area contributed by atoms with E-state index in [4.69, 9.17) is 11.6 Å². The van der Waals surface area contributed by atoms with Gasteiger partial charge in [0, 0.05) is 22.5 Å². The molecule has 0 aliphatic heterocycles. The zero-order chi connectivity index (χ0) is 22.5. The predicted octanol–water partition coefficient (Wildman–Crippen LogP) is 6.72. The van der Waals surface area contributed by atoms with Gasteiger partial charge < -0.3 is 5.32 Å². The molecule has 2 aromatic rings. The van der Waals surface area contributed by atoms with Gasteiger partial charge in [-0.25, -0.2) is 0 Å². The fraction of sp³-hybridized carbons (Fsp3) is 0.350. The minimum Gasteiger partial charge on any atom is -0.309 e. The van der Waals surface area contributed by atoms with Crippen LogP contribution in [0.1, 0.15) is 39.4 Å². The Hall–Kier alpha value is -1.58. The van der Waals surface area contributed by atoms with Crippen LogP contribution < -0.4 is 5.32 Å². The summed E-state index contributed by atoms with van der Waals surface area (Å²) in [5, 5.41) is 4.06. The molecule has 1 unspecified atom stereocenters. The number of Topliss-reactive ketones (excluding diaryl/α,β-unsaturated/α-hetero) is 1. The SMILES string of the molecule is O=C(CNCC(CCBr)c1ccc(Cl)cc1)c1cc(C(F)(F)F)cc(C(F)(F)F)c1. The number of hydrogen-bond donors (Lipinski definition) is 1. The van der Waals surface area contributed by atoms with Gasteiger partial charge in [0.15, 0.2) is 5.78 Å². The Morgan fingerprint density at radius 1 is 0.967 bits per heavy atom. The summed E-state index contributed by atoms with van der Waals surface area (Å²) in [6, 6.07) is 7.94. The summed E-state index contributed by atoms with van der Waals surface area (Å²) in [4.78, 5) is 12.3. The number of carbonyl (C=O) groups is 1. The molecule has 0 saturated carbocycles. The molecule has 10 heteroatoms. The summed E-state index contributed by atoms with van der Waals surface area (Å²) in [6.45, 7) is -0.0882. The Bertz CT molecular complexity index is 835. The Kier molecular flexibility index (Phi) is 8.35. The van der Waals surface area contributed by atoms with Crippen molar-refractivity contribution in [2.45, 2.75) is 24.7 Å². The van der Waals surface area contributed by atoms with Crippen LogP contribution in [0.2, 0.25) is 5.02 Å². The highest BCUT2D eigenvalue weighted by atomic mass is 79.9. The predicted molar refractivity (Wildman–Crippen MR) is 106 cm³/mol. The number of nitrogens with one attached hydrogen (secondary N) is 1. The normalized spacial score (nSPS) is 13.3. The van der Waals surface area contributed by atoms with Gasteiger partial charge in [-0.3, -0.25) is 4.79 Å². The lowest BCUT2D eigenvalue weighted by Crippen LogP contribution is -2.28. The van der Waals surface area contributed by atoms with Gasteiger partial charge in [0.1, 0.15) is 0 Å². The summed E-state index contributed by atoms with van der Waals surface area (Å²) >= 11 is 9.21. The lowest BCUT2D eigenvalue weighted by Gasteiger charge is -2.18. The number of rotatable bonds is 8. The molecule has 0 fully saturated rings. The minimum atomic E-state index is -5.00. The summed E-state index contributed by atoms with van der Waals surface area (Å²) in [5.74, 6) is -0.887. The van der Waals surface area contributed by atoms with Crippen molar-refractivity contribution in [1.82, 2.24) is 5.32 Å². The summed E-state index contributed by atoms with van der Waals surface area (Å²) in [6.07, 6.45) is -9.30. The first-order valence-corrected chi connectivity index (χ1v) is 10.3. The molecule has 2 rings (SSSR count). The topological polar surface area (TPSA) is 29.1 Å². The Labute approximate surface area is 182 Å². The maximum atomic E-state index is 13.0. The van der Waals surface area contributed by atoms with E-state index in [2.05, 4.69) is 21.2 Å². The summed E-state index contributed by atoms with van der Waals surface area (Å²) in [5.41, 5.74) is -2.73. The van der Waals surface area contributed by atoms with Crippen LogP contribution in [0.3, 0.4) is 0 Å². The number of alkyl halides is 7. The Morgan fingerprint density at radius 2 is 1.50 bits per heavy atom. The van der Waals surface area contributed by atoms with Crippen molar-refractivity contribution in [3.05, 3.63) is 69.7 Å². The number of halogens is 8. The van der Waals surface area contributed by atoms with Gasteiger partial charge in [0.25, 0.3) is 0 Å². The molecule has 164 valence electrons. The maximum Gasteiger partial charge on any atom is 0.416 e. The van der Waals surface area contributed by atoms with Crippen molar-refractivity contribution in [2.24, 2.45) is 0 Å². The zero-order valence-electron chi connectivity index (χ0n) is 15.4. The standard InChI is InChI=1S/C20H17BrClF6NO/c21-6-5-13(12-1-3-17(22)4-2-12)10-29-11-18(30)14-7-15(19(23,24)25)9-16(8-14)20(26,27)28/h1-4,7-9,13,29H,5-6,10-11H2. The first-order chi connectivity index (χ1) is 13.9. The molecule has 0 spiro atoms. The fourth-order valence-corrected chi connectivity index (χ4v) is 3.51. The quantitative estimate of drug-likeness (QED) is 0.240. The number of carbonyl (C=O) groups excluding carboxylic acids is 1. The molecular weight excluding hydrogens is 500 g/mol. The van der Waals surface area contributed by atoms with Gasteiger partial charge in [0.05, 0.1) is 17.7 Å². The van der Waals surface area contributed by atoms with E-state index < -0.39 is 41.4 Å². The molecule has 2 nitrogen and oxygen atoms in total. The van der Waals surface area contributed by atoms with Gasteiger partial charge in [-0.05, 0) is 48.2 Å². The third-order valence-corrected chi connectivity index (χ3v) is 5.09. The van der Waals surface area contributed by atoms with E-state index in [1.54, 1.807) is 12.1 Å². The maximum absolute atomic E-state index is 13.0. The zero-order valence-corrected chi connectivity index (χ0v) is 17.7. The molecule has 0 amide bonds. The van der Waals surface area contributed by atoms with E-state index in [1.807, 2.05) is 12.1 Å². The van der Waals surface area contributed by atoms with Crippen LogP contribution in [0, 0.1) is 0 Å². The van der Waals surface area contributed by atoms with E-state index in [0.717, 1.165) is 5.56 Å². The van der Waals surface area contributed by atoms with Gasteiger partial charge in [-0.15, -0.1) is 0 Å². The lowest BCUT2D eigenvalue weighted by atomic mass is 9.96. The van der Waals surface area contributed by atoms with Crippen LogP contribution in [0.15, 0.2) is 42.5 Å². The average Bonchev–Trinajstić information content (AvgIpc) is 2.66. The minimum absolute atomic E-state index is 0.00320.